The van der Waals surface area contributed by atoms with Gasteiger partial charge in [-0.3, -0.25) is 14.8 Å². The second-order valence-corrected chi connectivity index (χ2v) is 7.74. The minimum absolute atomic E-state index is 0.143. The normalized spacial score (nSPS) is 15.4. The molecule has 1 aliphatic heterocycles. The van der Waals surface area contributed by atoms with Crippen molar-refractivity contribution in [2.24, 2.45) is 0 Å². The Morgan fingerprint density at radius 3 is 2.67 bits per heavy atom. The Bertz CT molecular complexity index is 1270. The van der Waals surface area contributed by atoms with E-state index >= 15 is 0 Å². The van der Waals surface area contributed by atoms with Crippen LogP contribution < -0.4 is 5.32 Å². The highest BCUT2D eigenvalue weighted by molar-refractivity contribution is 5.92. The minimum atomic E-state index is -0.341. The molecule has 0 spiro atoms. The number of benzene rings is 1. The van der Waals surface area contributed by atoms with E-state index in [2.05, 4.69) is 15.3 Å². The van der Waals surface area contributed by atoms with Crippen LogP contribution in [0.1, 0.15) is 35.2 Å². The Morgan fingerprint density at radius 2 is 1.88 bits per heavy atom. The van der Waals surface area contributed by atoms with Crippen molar-refractivity contribution >= 4 is 17.4 Å². The molecule has 0 aliphatic carbocycles. The van der Waals surface area contributed by atoms with E-state index in [1.165, 1.54) is 12.1 Å². The van der Waals surface area contributed by atoms with Crippen LogP contribution in [0, 0.1) is 5.82 Å². The molecule has 1 saturated heterocycles. The number of halogens is 1. The molecule has 0 saturated carbocycles. The molecule has 0 bridgehead atoms. The van der Waals surface area contributed by atoms with Gasteiger partial charge in [0.25, 0.3) is 5.91 Å². The molecule has 1 aromatic carbocycles. The van der Waals surface area contributed by atoms with E-state index in [0.717, 1.165) is 18.4 Å². The van der Waals surface area contributed by atoms with Gasteiger partial charge >= 0.3 is 0 Å². The maximum Gasteiger partial charge on any atom is 0.273 e. The van der Waals surface area contributed by atoms with Gasteiger partial charge in [-0.15, -0.1) is 0 Å². The summed E-state index contributed by atoms with van der Waals surface area (Å²) in [4.78, 5) is 32.7. The van der Waals surface area contributed by atoms with Crippen LogP contribution in [0.15, 0.2) is 79.3 Å². The van der Waals surface area contributed by atoms with Gasteiger partial charge in [-0.25, -0.2) is 14.4 Å². The lowest BCUT2D eigenvalue weighted by Gasteiger charge is -2.24. The van der Waals surface area contributed by atoms with Crippen LogP contribution in [0.2, 0.25) is 0 Å². The second-order valence-electron chi connectivity index (χ2n) is 7.74. The number of hydrogen-bond acceptors (Lipinski definition) is 6. The van der Waals surface area contributed by atoms with Gasteiger partial charge in [-0.05, 0) is 55.3 Å². The van der Waals surface area contributed by atoms with Crippen LogP contribution in [-0.4, -0.2) is 37.3 Å². The standard InChI is InChI=1S/C25H21FN6O/c26-18-5-3-6-19(15-18)29-23-16-21(17-9-12-27-13-10-17)30-24(31-23)22-8-4-14-32(22)25(33)20-7-1-2-11-28-20/h1-3,5-7,9-13,15-16,22H,4,8,14H2,(H,29,30,31). The lowest BCUT2D eigenvalue weighted by Crippen LogP contribution is -2.32. The van der Waals surface area contributed by atoms with E-state index in [9.17, 15) is 9.18 Å². The highest BCUT2D eigenvalue weighted by Crippen LogP contribution is 2.33. The summed E-state index contributed by atoms with van der Waals surface area (Å²) in [5.41, 5.74) is 2.54. The van der Waals surface area contributed by atoms with E-state index in [0.29, 0.717) is 35.3 Å². The fraction of sp³-hybridized carbons (Fsp3) is 0.160. The first-order valence-electron chi connectivity index (χ1n) is 10.7. The first kappa shape index (κ1) is 20.7. The van der Waals surface area contributed by atoms with Gasteiger partial charge < -0.3 is 10.2 Å². The Kier molecular flexibility index (Phi) is 5.72. The second kappa shape index (κ2) is 9.12. The van der Waals surface area contributed by atoms with E-state index in [1.54, 1.807) is 53.8 Å². The lowest BCUT2D eigenvalue weighted by molar-refractivity contribution is 0.0724. The molecule has 164 valence electrons. The molecular weight excluding hydrogens is 419 g/mol. The molecular formula is C25H21FN6O. The Labute approximate surface area is 190 Å². The zero-order valence-corrected chi connectivity index (χ0v) is 17.7. The summed E-state index contributed by atoms with van der Waals surface area (Å²) in [6.45, 7) is 0.607. The van der Waals surface area contributed by atoms with Crippen molar-refractivity contribution in [1.82, 2.24) is 24.8 Å². The van der Waals surface area contributed by atoms with E-state index < -0.39 is 0 Å². The number of hydrogen-bond donors (Lipinski definition) is 1. The summed E-state index contributed by atoms with van der Waals surface area (Å²) in [7, 11) is 0. The van der Waals surface area contributed by atoms with Crippen molar-refractivity contribution in [1.29, 1.82) is 0 Å². The molecule has 1 N–H and O–H groups in total. The average molecular weight is 440 g/mol. The quantitative estimate of drug-likeness (QED) is 0.480. The predicted molar refractivity (Wildman–Crippen MR) is 122 cm³/mol. The van der Waals surface area contributed by atoms with Crippen molar-refractivity contribution in [2.45, 2.75) is 18.9 Å². The summed E-state index contributed by atoms with van der Waals surface area (Å²) in [5.74, 6) is 0.571. The smallest absolute Gasteiger partial charge is 0.273 e. The fourth-order valence-electron chi connectivity index (χ4n) is 3.98. The van der Waals surface area contributed by atoms with Crippen LogP contribution in [0.25, 0.3) is 11.3 Å². The van der Waals surface area contributed by atoms with E-state index in [1.807, 2.05) is 18.2 Å². The highest BCUT2D eigenvalue weighted by Gasteiger charge is 2.33. The zero-order chi connectivity index (χ0) is 22.6. The fourth-order valence-corrected chi connectivity index (χ4v) is 3.98. The number of aromatic nitrogens is 4. The maximum absolute atomic E-state index is 13.7. The number of carbonyl (C=O) groups excluding carboxylic acids is 1. The summed E-state index contributed by atoms with van der Waals surface area (Å²) in [5, 5.41) is 3.17. The molecule has 1 fully saturated rings. The van der Waals surface area contributed by atoms with E-state index in [4.69, 9.17) is 9.97 Å². The monoisotopic (exact) mass is 440 g/mol. The van der Waals surface area contributed by atoms with Gasteiger partial charge in [0, 0.05) is 42.5 Å². The predicted octanol–water partition coefficient (Wildman–Crippen LogP) is 4.79. The van der Waals surface area contributed by atoms with Crippen molar-refractivity contribution in [3.63, 3.8) is 0 Å². The summed E-state index contributed by atoms with van der Waals surface area (Å²) in [6, 6.07) is 16.7. The van der Waals surface area contributed by atoms with Crippen molar-refractivity contribution in [3.05, 3.63) is 96.6 Å². The molecule has 1 atom stereocenters. The lowest BCUT2D eigenvalue weighted by atomic mass is 10.1. The van der Waals surface area contributed by atoms with Crippen LogP contribution in [0.3, 0.4) is 0 Å². The Balaban J connectivity index is 1.53. The molecule has 3 aromatic heterocycles. The highest BCUT2D eigenvalue weighted by atomic mass is 19.1. The SMILES string of the molecule is O=C(c1ccccn1)N1CCCC1c1nc(Nc2cccc(F)c2)cc(-c2ccncc2)n1. The number of anilines is 2. The Morgan fingerprint density at radius 1 is 1.00 bits per heavy atom. The van der Waals surface area contributed by atoms with E-state index in [-0.39, 0.29) is 17.8 Å². The van der Waals surface area contributed by atoms with Crippen molar-refractivity contribution < 1.29 is 9.18 Å². The first-order valence-corrected chi connectivity index (χ1v) is 10.7. The number of amides is 1. The molecule has 7 nitrogen and oxygen atoms in total. The minimum Gasteiger partial charge on any atom is -0.340 e. The summed E-state index contributed by atoms with van der Waals surface area (Å²) in [6.07, 6.45) is 6.60. The summed E-state index contributed by atoms with van der Waals surface area (Å²) < 4.78 is 13.7. The third kappa shape index (κ3) is 4.55. The molecule has 4 heterocycles. The Hall–Kier alpha value is -4.20. The molecule has 33 heavy (non-hydrogen) atoms. The molecule has 1 unspecified atom stereocenters. The zero-order valence-electron chi connectivity index (χ0n) is 17.7. The summed E-state index contributed by atoms with van der Waals surface area (Å²) >= 11 is 0. The van der Waals surface area contributed by atoms with Crippen molar-refractivity contribution in [2.75, 3.05) is 11.9 Å². The van der Waals surface area contributed by atoms with Crippen LogP contribution in [-0.2, 0) is 0 Å². The maximum atomic E-state index is 13.7. The first-order chi connectivity index (χ1) is 16.2. The van der Waals surface area contributed by atoms with Gasteiger partial charge in [0.15, 0.2) is 5.82 Å². The molecule has 4 aromatic rings. The topological polar surface area (TPSA) is 83.9 Å². The van der Waals surface area contributed by atoms with Gasteiger partial charge in [0.1, 0.15) is 17.3 Å². The molecule has 0 radical (unpaired) electrons. The number of rotatable bonds is 5. The third-order valence-electron chi connectivity index (χ3n) is 5.51. The molecule has 8 heteroatoms. The number of carbonyl (C=O) groups is 1. The third-order valence-corrected chi connectivity index (χ3v) is 5.51. The molecule has 1 aliphatic rings. The number of likely N-dealkylation sites (tertiary alicyclic amines) is 1. The van der Waals surface area contributed by atoms with Crippen LogP contribution >= 0.6 is 0 Å². The number of pyridine rings is 2. The van der Waals surface area contributed by atoms with Crippen LogP contribution in [0.5, 0.6) is 0 Å². The largest absolute Gasteiger partial charge is 0.340 e. The van der Waals surface area contributed by atoms with Crippen molar-refractivity contribution in [3.8, 4) is 11.3 Å². The number of nitrogens with one attached hydrogen (secondary N) is 1. The van der Waals surface area contributed by atoms with Gasteiger partial charge in [-0.2, -0.15) is 0 Å². The number of nitrogens with zero attached hydrogens (tertiary/aromatic N) is 5. The van der Waals surface area contributed by atoms with Gasteiger partial charge in [-0.1, -0.05) is 12.1 Å². The van der Waals surface area contributed by atoms with Gasteiger partial charge in [0.05, 0.1) is 11.7 Å². The van der Waals surface area contributed by atoms with Gasteiger partial charge in [0.2, 0.25) is 0 Å². The molecule has 5 rings (SSSR count). The molecule has 1 amide bonds. The average Bonchev–Trinajstić information content (AvgIpc) is 3.35. The van der Waals surface area contributed by atoms with Crippen LogP contribution in [0.4, 0.5) is 15.9 Å².